The maximum Gasteiger partial charge on any atom is 0.549 e. The summed E-state index contributed by atoms with van der Waals surface area (Å²) in [6.07, 6.45) is 0. The summed E-state index contributed by atoms with van der Waals surface area (Å²) in [4.78, 5) is 0. The fourth-order valence-corrected chi connectivity index (χ4v) is 0. The number of rotatable bonds is 0. The summed E-state index contributed by atoms with van der Waals surface area (Å²) in [6, 6.07) is 0. The predicted molar refractivity (Wildman–Crippen MR) is 7.13 cm³/mol. The van der Waals surface area contributed by atoms with Crippen molar-refractivity contribution in [3.8, 4) is 0 Å². The predicted octanol–water partition coefficient (Wildman–Crippen LogP) is -0.618. The monoisotopic (exact) mass is 229 g/mol. The molecule has 0 N–H and O–H groups in total. The Hall–Kier alpha value is 1.05. The molecule has 0 heterocycles. The summed E-state index contributed by atoms with van der Waals surface area (Å²) in [5.41, 5.74) is 0. The standard InChI is InChI=1S/O2Si.Tm/c1-3-2;. The van der Waals surface area contributed by atoms with E-state index < -0.39 is 9.29 Å². The molecule has 0 saturated heterocycles. The van der Waals surface area contributed by atoms with Crippen LogP contribution in [0.15, 0.2) is 0 Å². The second-order valence-electron chi connectivity index (χ2n) is 0.0833. The Morgan fingerprint density at radius 2 is 1.25 bits per heavy atom. The molecule has 4 heavy (non-hydrogen) atoms. The van der Waals surface area contributed by atoms with Crippen molar-refractivity contribution in [2.24, 2.45) is 0 Å². The van der Waals surface area contributed by atoms with E-state index in [0.29, 0.717) is 0 Å². The first-order valence-corrected chi connectivity index (χ1v) is 1.22. The van der Waals surface area contributed by atoms with Crippen LogP contribution >= 0.6 is 0 Å². The van der Waals surface area contributed by atoms with Crippen molar-refractivity contribution >= 4 is 9.29 Å². The molecule has 0 aromatic rings. The molecular formula is O2SiTm. The van der Waals surface area contributed by atoms with Crippen LogP contribution in [-0.2, 0) is 8.92 Å². The fourth-order valence-electron chi connectivity index (χ4n) is 0. The Kier molecular flexibility index (Phi) is 20.0. The molecule has 0 rings (SSSR count). The molecule has 0 aliphatic heterocycles. The summed E-state index contributed by atoms with van der Waals surface area (Å²) >= 11 is 0. The molecule has 0 saturated carbocycles. The van der Waals surface area contributed by atoms with Crippen LogP contribution in [0.2, 0.25) is 0 Å². The van der Waals surface area contributed by atoms with Crippen LogP contribution < -0.4 is 0 Å². The Balaban J connectivity index is 0. The van der Waals surface area contributed by atoms with Gasteiger partial charge in [0, 0.05) is 36.9 Å². The molecule has 0 aliphatic rings. The third-order valence-electron chi connectivity index (χ3n) is 0. The first-order valence-electron chi connectivity index (χ1n) is 0.408. The SMILES string of the molecule is O=[Si]=O.[Tm]. The molecule has 0 atom stereocenters. The maximum absolute atomic E-state index is 8.40. The maximum atomic E-state index is 8.40. The van der Waals surface area contributed by atoms with E-state index >= 15 is 0 Å². The van der Waals surface area contributed by atoms with Gasteiger partial charge in [0.15, 0.2) is 0 Å². The molecule has 1 radical (unpaired) electrons. The van der Waals surface area contributed by atoms with Crippen LogP contribution in [0, 0.1) is 36.9 Å². The Morgan fingerprint density at radius 3 is 1.25 bits per heavy atom. The van der Waals surface area contributed by atoms with E-state index in [2.05, 4.69) is 0 Å². The van der Waals surface area contributed by atoms with Crippen LogP contribution in [0.3, 0.4) is 0 Å². The van der Waals surface area contributed by atoms with Gasteiger partial charge in [0.05, 0.1) is 0 Å². The average molecular weight is 229 g/mol. The zero-order valence-electron chi connectivity index (χ0n) is 1.59. The van der Waals surface area contributed by atoms with Gasteiger partial charge < -0.3 is 0 Å². The molecule has 0 fully saturated rings. The first-order chi connectivity index (χ1) is 1.41. The van der Waals surface area contributed by atoms with E-state index in [0.717, 1.165) is 0 Å². The Bertz CT molecular complexity index is 27.0. The summed E-state index contributed by atoms with van der Waals surface area (Å²) in [6.45, 7) is 0. The Labute approximate surface area is 54.7 Å². The number of hydrogen-bond donors (Lipinski definition) is 0. The summed E-state index contributed by atoms with van der Waals surface area (Å²) in [7, 11) is -1.42. The van der Waals surface area contributed by atoms with Crippen molar-refractivity contribution in [1.82, 2.24) is 0 Å². The van der Waals surface area contributed by atoms with Crippen molar-refractivity contribution in [2.75, 3.05) is 0 Å². The fraction of sp³-hybridized carbons (Fsp3) is 0. The second kappa shape index (κ2) is 8.96. The van der Waals surface area contributed by atoms with Crippen molar-refractivity contribution in [1.29, 1.82) is 0 Å². The van der Waals surface area contributed by atoms with Gasteiger partial charge >= 0.3 is 9.29 Å². The van der Waals surface area contributed by atoms with Gasteiger partial charge in [-0.15, -0.1) is 0 Å². The molecule has 4 heteroatoms. The van der Waals surface area contributed by atoms with Crippen molar-refractivity contribution in [3.05, 3.63) is 0 Å². The Morgan fingerprint density at radius 1 is 1.25 bits per heavy atom. The number of hydrogen-bond acceptors (Lipinski definition) is 2. The van der Waals surface area contributed by atoms with Gasteiger partial charge in [-0.05, 0) is 0 Å². The van der Waals surface area contributed by atoms with E-state index in [4.69, 9.17) is 8.92 Å². The van der Waals surface area contributed by atoms with Gasteiger partial charge in [-0.2, -0.15) is 0 Å². The minimum absolute atomic E-state index is 0. The molecule has 0 spiro atoms. The van der Waals surface area contributed by atoms with Gasteiger partial charge in [-0.1, -0.05) is 0 Å². The topological polar surface area (TPSA) is 34.1 Å². The zero-order valence-corrected chi connectivity index (χ0v) is 4.37. The molecule has 0 aromatic carbocycles. The summed E-state index contributed by atoms with van der Waals surface area (Å²) in [5.74, 6) is 0. The smallest absolute Gasteiger partial charge is 0.274 e. The van der Waals surface area contributed by atoms with E-state index in [1.54, 1.807) is 0 Å². The molecule has 0 aromatic heterocycles. The van der Waals surface area contributed by atoms with Crippen molar-refractivity contribution < 1.29 is 45.8 Å². The van der Waals surface area contributed by atoms with E-state index in [9.17, 15) is 0 Å². The first kappa shape index (κ1) is 8.90. The van der Waals surface area contributed by atoms with E-state index in [1.165, 1.54) is 0 Å². The largest absolute Gasteiger partial charge is 0.549 e. The zero-order chi connectivity index (χ0) is 2.71. The van der Waals surface area contributed by atoms with Crippen LogP contribution in [0.4, 0.5) is 0 Å². The quantitative estimate of drug-likeness (QED) is 0.519. The van der Waals surface area contributed by atoms with Gasteiger partial charge in [-0.3, -0.25) is 8.92 Å². The molecule has 29 valence electrons. The molecule has 0 bridgehead atoms. The third-order valence-corrected chi connectivity index (χ3v) is 0. The molecule has 2 nitrogen and oxygen atoms in total. The normalized spacial score (nSPS) is 2.00. The minimum atomic E-state index is -1.42. The van der Waals surface area contributed by atoms with Gasteiger partial charge in [-0.25, -0.2) is 0 Å². The van der Waals surface area contributed by atoms with Crippen molar-refractivity contribution in [3.63, 3.8) is 0 Å². The third kappa shape index (κ3) is 11.6. The minimum Gasteiger partial charge on any atom is -0.274 e. The summed E-state index contributed by atoms with van der Waals surface area (Å²) < 4.78 is 16.8. The van der Waals surface area contributed by atoms with Crippen LogP contribution in [0.5, 0.6) is 0 Å². The van der Waals surface area contributed by atoms with E-state index in [1.807, 2.05) is 0 Å². The van der Waals surface area contributed by atoms with Crippen LogP contribution in [0.25, 0.3) is 0 Å². The second-order valence-corrected chi connectivity index (χ2v) is 0.250. The molecule has 0 amide bonds. The molecule has 0 aliphatic carbocycles. The van der Waals surface area contributed by atoms with Crippen LogP contribution in [0.1, 0.15) is 0 Å². The average Bonchev–Trinajstić information content (AvgIpc) is 0.918. The van der Waals surface area contributed by atoms with Gasteiger partial charge in [0.1, 0.15) is 0 Å². The molecule has 0 unspecified atom stereocenters. The summed E-state index contributed by atoms with van der Waals surface area (Å²) in [5, 5.41) is 0. The molecular weight excluding hydrogens is 229 g/mol. The van der Waals surface area contributed by atoms with Gasteiger partial charge in [0.2, 0.25) is 0 Å². The van der Waals surface area contributed by atoms with Crippen LogP contribution in [-0.4, -0.2) is 9.29 Å². The van der Waals surface area contributed by atoms with Gasteiger partial charge in [0.25, 0.3) is 0 Å². The van der Waals surface area contributed by atoms with Crippen molar-refractivity contribution in [2.45, 2.75) is 0 Å². The van der Waals surface area contributed by atoms with E-state index in [-0.39, 0.29) is 36.9 Å².